The number of aryl methyl sites for hydroxylation is 1. The Morgan fingerprint density at radius 3 is 3.09 bits per heavy atom. The van der Waals surface area contributed by atoms with E-state index in [1.807, 2.05) is 17.5 Å². The van der Waals surface area contributed by atoms with Crippen LogP contribution in [0.2, 0.25) is 0 Å². The van der Waals surface area contributed by atoms with Crippen LogP contribution in [0.1, 0.15) is 29.3 Å². The number of urea groups is 1. The van der Waals surface area contributed by atoms with Crippen LogP contribution in [-0.4, -0.2) is 34.2 Å². The van der Waals surface area contributed by atoms with Gasteiger partial charge in [0.1, 0.15) is 0 Å². The number of carbonyl (C=O) groups is 1. The molecule has 1 unspecified atom stereocenters. The molecule has 1 aliphatic carbocycles. The molecular weight excluding hydrogens is 298 g/mol. The first-order chi connectivity index (χ1) is 10.8. The third-order valence-corrected chi connectivity index (χ3v) is 4.62. The van der Waals surface area contributed by atoms with Crippen LogP contribution >= 0.6 is 11.3 Å². The summed E-state index contributed by atoms with van der Waals surface area (Å²) in [4.78, 5) is 18.4. The fraction of sp³-hybridized carbons (Fsp3) is 0.375. The lowest BCUT2D eigenvalue weighted by Gasteiger charge is -2.29. The molecule has 1 atom stereocenters. The zero-order valence-corrected chi connectivity index (χ0v) is 13.1. The zero-order chi connectivity index (χ0) is 15.4. The average molecular weight is 317 g/mol. The molecule has 1 aromatic heterocycles. The van der Waals surface area contributed by atoms with Crippen molar-refractivity contribution < 1.29 is 9.90 Å². The minimum Gasteiger partial charge on any atom is -0.395 e. The Labute approximate surface area is 133 Å². The molecule has 3 rings (SSSR count). The van der Waals surface area contributed by atoms with Gasteiger partial charge in [-0.15, -0.1) is 11.3 Å². The molecule has 0 aliphatic heterocycles. The predicted molar refractivity (Wildman–Crippen MR) is 85.6 cm³/mol. The first-order valence-corrected chi connectivity index (χ1v) is 8.34. The van der Waals surface area contributed by atoms with Gasteiger partial charge in [0.25, 0.3) is 0 Å². The lowest BCUT2D eigenvalue weighted by molar-refractivity contribution is 0.151. The number of aromatic nitrogens is 1. The molecule has 0 spiro atoms. The van der Waals surface area contributed by atoms with Crippen LogP contribution in [0.4, 0.5) is 4.79 Å². The van der Waals surface area contributed by atoms with Gasteiger partial charge < -0.3 is 15.3 Å². The average Bonchev–Trinajstić information content (AvgIpc) is 3.20. The van der Waals surface area contributed by atoms with Crippen molar-refractivity contribution >= 4 is 17.4 Å². The van der Waals surface area contributed by atoms with Crippen molar-refractivity contribution in [3.05, 3.63) is 52.0 Å². The molecule has 5 nitrogen and oxygen atoms in total. The molecule has 2 N–H and O–H groups in total. The van der Waals surface area contributed by atoms with Gasteiger partial charge >= 0.3 is 6.03 Å². The Kier molecular flexibility index (Phi) is 4.70. The Hall–Kier alpha value is -1.92. The van der Waals surface area contributed by atoms with Gasteiger partial charge in [-0.2, -0.15) is 0 Å². The van der Waals surface area contributed by atoms with Crippen LogP contribution in [-0.2, 0) is 13.0 Å². The summed E-state index contributed by atoms with van der Waals surface area (Å²) in [5.74, 6) is 0. The van der Waals surface area contributed by atoms with E-state index in [-0.39, 0.29) is 18.7 Å². The maximum Gasteiger partial charge on any atom is 0.318 e. The van der Waals surface area contributed by atoms with Gasteiger partial charge in [0.2, 0.25) is 0 Å². The SMILES string of the molecule is O=C(NCc1cscn1)N(CCO)C1CCc2ccccc21. The van der Waals surface area contributed by atoms with E-state index in [1.165, 1.54) is 22.5 Å². The van der Waals surface area contributed by atoms with E-state index in [4.69, 9.17) is 0 Å². The van der Waals surface area contributed by atoms with Crippen LogP contribution in [0.25, 0.3) is 0 Å². The highest BCUT2D eigenvalue weighted by atomic mass is 32.1. The lowest BCUT2D eigenvalue weighted by atomic mass is 10.1. The highest BCUT2D eigenvalue weighted by Crippen LogP contribution is 2.35. The second-order valence-corrected chi connectivity index (χ2v) is 6.03. The molecule has 0 radical (unpaired) electrons. The number of amides is 2. The summed E-state index contributed by atoms with van der Waals surface area (Å²) in [6, 6.07) is 8.11. The topological polar surface area (TPSA) is 65.5 Å². The number of carbonyl (C=O) groups excluding carboxylic acids is 1. The van der Waals surface area contributed by atoms with Crippen molar-refractivity contribution in [2.45, 2.75) is 25.4 Å². The number of nitrogens with one attached hydrogen (secondary N) is 1. The van der Waals surface area contributed by atoms with Crippen molar-refractivity contribution in [1.82, 2.24) is 15.2 Å². The second kappa shape index (κ2) is 6.89. The van der Waals surface area contributed by atoms with Gasteiger partial charge in [-0.05, 0) is 24.0 Å². The van der Waals surface area contributed by atoms with E-state index in [1.54, 1.807) is 10.4 Å². The summed E-state index contributed by atoms with van der Waals surface area (Å²) >= 11 is 1.51. The largest absolute Gasteiger partial charge is 0.395 e. The van der Waals surface area contributed by atoms with E-state index < -0.39 is 0 Å². The summed E-state index contributed by atoms with van der Waals surface area (Å²) in [6.07, 6.45) is 1.88. The number of nitrogens with zero attached hydrogens (tertiary/aromatic N) is 2. The molecule has 0 saturated heterocycles. The van der Waals surface area contributed by atoms with E-state index in [2.05, 4.69) is 22.4 Å². The maximum absolute atomic E-state index is 12.5. The monoisotopic (exact) mass is 317 g/mol. The fourth-order valence-corrected chi connectivity index (χ4v) is 3.52. The number of fused-ring (bicyclic) bond motifs is 1. The number of rotatable bonds is 5. The number of hydrogen-bond donors (Lipinski definition) is 2. The lowest BCUT2D eigenvalue weighted by Crippen LogP contribution is -2.43. The van der Waals surface area contributed by atoms with E-state index in [0.29, 0.717) is 13.1 Å². The second-order valence-electron chi connectivity index (χ2n) is 5.31. The summed E-state index contributed by atoms with van der Waals surface area (Å²) in [6.45, 7) is 0.712. The van der Waals surface area contributed by atoms with E-state index >= 15 is 0 Å². The van der Waals surface area contributed by atoms with Gasteiger partial charge in [0.15, 0.2) is 0 Å². The standard InChI is InChI=1S/C16H19N3O2S/c20-8-7-19(16(21)17-9-13-10-22-11-18-13)15-6-5-12-3-1-2-4-14(12)15/h1-4,10-11,15,20H,5-9H2,(H,17,21). The Morgan fingerprint density at radius 2 is 2.32 bits per heavy atom. The minimum atomic E-state index is -0.149. The van der Waals surface area contributed by atoms with Crippen LogP contribution in [0.5, 0.6) is 0 Å². The van der Waals surface area contributed by atoms with Gasteiger partial charge in [-0.1, -0.05) is 24.3 Å². The first kappa shape index (κ1) is 15.0. The van der Waals surface area contributed by atoms with E-state index in [0.717, 1.165) is 18.5 Å². The summed E-state index contributed by atoms with van der Waals surface area (Å²) in [7, 11) is 0. The summed E-state index contributed by atoms with van der Waals surface area (Å²) < 4.78 is 0. The molecule has 6 heteroatoms. The van der Waals surface area contributed by atoms with Crippen molar-refractivity contribution in [3.63, 3.8) is 0 Å². The van der Waals surface area contributed by atoms with Crippen molar-refractivity contribution in [2.75, 3.05) is 13.2 Å². The fourth-order valence-electron chi connectivity index (χ4n) is 2.96. The van der Waals surface area contributed by atoms with Crippen molar-refractivity contribution in [3.8, 4) is 0 Å². The van der Waals surface area contributed by atoms with Crippen LogP contribution in [0.15, 0.2) is 35.2 Å². The quantitative estimate of drug-likeness (QED) is 0.889. The normalized spacial score (nSPS) is 16.3. The van der Waals surface area contributed by atoms with Gasteiger partial charge in [0, 0.05) is 11.9 Å². The number of benzene rings is 1. The molecule has 0 saturated carbocycles. The Balaban J connectivity index is 1.71. The summed E-state index contributed by atoms with van der Waals surface area (Å²) in [5.41, 5.74) is 5.09. The Morgan fingerprint density at radius 1 is 1.45 bits per heavy atom. The third kappa shape index (κ3) is 3.13. The van der Waals surface area contributed by atoms with Gasteiger partial charge in [-0.3, -0.25) is 0 Å². The van der Waals surface area contributed by atoms with Crippen LogP contribution in [0.3, 0.4) is 0 Å². The zero-order valence-electron chi connectivity index (χ0n) is 12.2. The molecule has 22 heavy (non-hydrogen) atoms. The molecule has 1 aliphatic rings. The number of hydrogen-bond acceptors (Lipinski definition) is 4. The molecule has 0 fully saturated rings. The maximum atomic E-state index is 12.5. The van der Waals surface area contributed by atoms with E-state index in [9.17, 15) is 9.90 Å². The highest BCUT2D eigenvalue weighted by molar-refractivity contribution is 7.07. The van der Waals surface area contributed by atoms with Crippen LogP contribution < -0.4 is 5.32 Å². The number of thiazole rings is 1. The molecule has 1 heterocycles. The molecule has 116 valence electrons. The molecular formula is C16H19N3O2S. The first-order valence-electron chi connectivity index (χ1n) is 7.40. The van der Waals surface area contributed by atoms with Crippen molar-refractivity contribution in [1.29, 1.82) is 0 Å². The molecule has 0 bridgehead atoms. The highest BCUT2D eigenvalue weighted by Gasteiger charge is 2.30. The Bertz CT molecular complexity index is 630. The molecule has 2 aromatic rings. The molecule has 2 amide bonds. The van der Waals surface area contributed by atoms with Gasteiger partial charge in [0.05, 0.1) is 30.4 Å². The minimum absolute atomic E-state index is 0.0389. The third-order valence-electron chi connectivity index (χ3n) is 3.98. The molecule has 1 aromatic carbocycles. The predicted octanol–water partition coefficient (Wildman–Crippen LogP) is 2.33. The smallest absolute Gasteiger partial charge is 0.318 e. The van der Waals surface area contributed by atoms with Crippen LogP contribution in [0, 0.1) is 0 Å². The van der Waals surface area contributed by atoms with Crippen molar-refractivity contribution in [2.24, 2.45) is 0 Å². The number of aliphatic hydroxyl groups excluding tert-OH is 1. The van der Waals surface area contributed by atoms with Gasteiger partial charge in [-0.25, -0.2) is 9.78 Å². The number of aliphatic hydroxyl groups is 1. The summed E-state index contributed by atoms with van der Waals surface area (Å²) in [5, 5.41) is 14.1.